The van der Waals surface area contributed by atoms with Gasteiger partial charge in [0.2, 0.25) is 5.66 Å². The van der Waals surface area contributed by atoms with Crippen molar-refractivity contribution in [1.29, 1.82) is 0 Å². The van der Waals surface area contributed by atoms with Crippen molar-refractivity contribution in [3.8, 4) is 0 Å². The van der Waals surface area contributed by atoms with Crippen molar-refractivity contribution in [3.63, 3.8) is 0 Å². The van der Waals surface area contributed by atoms with Crippen LogP contribution in [0, 0.1) is 10.1 Å². The van der Waals surface area contributed by atoms with Crippen LogP contribution in [0.15, 0.2) is 151 Å². The maximum absolute atomic E-state index is 11.6. The average molecular weight is 569 g/mol. The van der Waals surface area contributed by atoms with Crippen LogP contribution < -0.4 is 15.0 Å². The summed E-state index contributed by atoms with van der Waals surface area (Å²) in [6, 6.07) is 46.5. The molecule has 0 radical (unpaired) electrons. The number of hydrogen-bond donors (Lipinski definition) is 0. The van der Waals surface area contributed by atoms with Gasteiger partial charge in [-0.25, -0.2) is 5.01 Å². The number of non-ortho nitro benzene ring substituents is 1. The normalized spacial score (nSPS) is 18.2. The molecule has 9 heteroatoms. The van der Waals surface area contributed by atoms with Gasteiger partial charge in [0, 0.05) is 28.9 Å². The maximum Gasteiger partial charge on any atom is 0.269 e. The summed E-state index contributed by atoms with van der Waals surface area (Å²) in [6.45, 7) is 0. The highest BCUT2D eigenvalue weighted by Crippen LogP contribution is 2.52. The number of rotatable bonds is 6. The highest BCUT2D eigenvalue weighted by Gasteiger charge is 2.65. The molecule has 2 heterocycles. The predicted molar refractivity (Wildman–Crippen MR) is 169 cm³/mol. The van der Waals surface area contributed by atoms with Crippen molar-refractivity contribution in [3.05, 3.63) is 167 Å². The van der Waals surface area contributed by atoms with Gasteiger partial charge in [0.15, 0.2) is 5.11 Å². The van der Waals surface area contributed by atoms with Gasteiger partial charge in [-0.3, -0.25) is 15.0 Å². The third-order valence-electron chi connectivity index (χ3n) is 7.41. The van der Waals surface area contributed by atoms with E-state index in [9.17, 15) is 10.1 Å². The van der Waals surface area contributed by atoms with Gasteiger partial charge in [0.25, 0.3) is 5.69 Å². The highest BCUT2D eigenvalue weighted by molar-refractivity contribution is 7.80. The minimum absolute atomic E-state index is 0.00341. The molecule has 1 saturated heterocycles. The first-order valence-corrected chi connectivity index (χ1v) is 13.8. The zero-order valence-corrected chi connectivity index (χ0v) is 23.1. The monoisotopic (exact) mass is 568 g/mol. The number of fused-ring (bicyclic) bond motifs is 1. The molecule has 0 N–H and O–H groups in total. The van der Waals surface area contributed by atoms with Crippen LogP contribution in [0.5, 0.6) is 0 Å². The summed E-state index contributed by atoms with van der Waals surface area (Å²) in [5.41, 5.74) is 3.87. The largest absolute Gasteiger partial charge is 0.285 e. The van der Waals surface area contributed by atoms with E-state index in [0.29, 0.717) is 10.8 Å². The molecular formula is C33H24N6O2S. The van der Waals surface area contributed by atoms with E-state index in [-0.39, 0.29) is 5.69 Å². The smallest absolute Gasteiger partial charge is 0.269 e. The average Bonchev–Trinajstić information content (AvgIpc) is 3.52. The van der Waals surface area contributed by atoms with Crippen molar-refractivity contribution < 1.29 is 4.92 Å². The summed E-state index contributed by atoms with van der Waals surface area (Å²) in [5.74, 6) is 0. The van der Waals surface area contributed by atoms with E-state index in [1.165, 1.54) is 12.1 Å². The van der Waals surface area contributed by atoms with Crippen LogP contribution in [0.4, 0.5) is 22.7 Å². The first kappa shape index (κ1) is 25.6. The summed E-state index contributed by atoms with van der Waals surface area (Å²) in [6.07, 6.45) is 0. The first-order valence-electron chi connectivity index (χ1n) is 13.4. The van der Waals surface area contributed by atoms with Gasteiger partial charge < -0.3 is 0 Å². The van der Waals surface area contributed by atoms with Crippen molar-refractivity contribution in [2.24, 2.45) is 5.10 Å². The molecule has 8 nitrogen and oxygen atoms in total. The Bertz CT molecular complexity index is 1790. The number of para-hydroxylation sites is 2. The van der Waals surface area contributed by atoms with Gasteiger partial charge in [0.05, 0.1) is 16.3 Å². The minimum Gasteiger partial charge on any atom is -0.285 e. The summed E-state index contributed by atoms with van der Waals surface area (Å²) in [7, 11) is 0. The van der Waals surface area contributed by atoms with Crippen molar-refractivity contribution in [1.82, 2.24) is 5.12 Å². The molecule has 42 heavy (non-hydrogen) atoms. The second-order valence-corrected chi connectivity index (χ2v) is 10.2. The van der Waals surface area contributed by atoms with Crippen LogP contribution in [0.1, 0.15) is 11.1 Å². The van der Waals surface area contributed by atoms with Crippen LogP contribution in [0.2, 0.25) is 0 Å². The first-order chi connectivity index (χ1) is 20.6. The zero-order chi connectivity index (χ0) is 28.7. The predicted octanol–water partition coefficient (Wildman–Crippen LogP) is 7.12. The van der Waals surface area contributed by atoms with E-state index in [4.69, 9.17) is 17.3 Å². The Morgan fingerprint density at radius 3 is 1.74 bits per heavy atom. The van der Waals surface area contributed by atoms with Crippen molar-refractivity contribution in [2.75, 3.05) is 15.0 Å². The number of hydrazine groups is 2. The van der Waals surface area contributed by atoms with Gasteiger partial charge in [0.1, 0.15) is 5.71 Å². The molecule has 2 aliphatic rings. The van der Waals surface area contributed by atoms with E-state index in [1.807, 2.05) is 124 Å². The number of nitro groups is 1. The Morgan fingerprint density at radius 1 is 0.643 bits per heavy atom. The highest BCUT2D eigenvalue weighted by atomic mass is 32.1. The Hall–Kier alpha value is -5.38. The third kappa shape index (κ3) is 3.87. The Kier molecular flexibility index (Phi) is 6.23. The summed E-state index contributed by atoms with van der Waals surface area (Å²) in [4.78, 5) is 13.2. The number of nitro benzene ring substituents is 1. The fraction of sp³-hybridized carbons (Fsp3) is 0.0303. The lowest BCUT2D eigenvalue weighted by atomic mass is 9.88. The Labute approximate surface area is 248 Å². The number of nitrogens with zero attached hydrogens (tertiary/aromatic N) is 6. The quantitative estimate of drug-likeness (QED) is 0.123. The third-order valence-corrected chi connectivity index (χ3v) is 7.77. The van der Waals surface area contributed by atoms with E-state index in [1.54, 1.807) is 12.1 Å². The molecule has 7 rings (SSSR count). The van der Waals surface area contributed by atoms with Crippen LogP contribution in [-0.2, 0) is 5.66 Å². The Morgan fingerprint density at radius 2 is 1.17 bits per heavy atom. The molecule has 0 aromatic heterocycles. The molecule has 0 amide bonds. The molecular weight excluding hydrogens is 544 g/mol. The molecule has 1 atom stereocenters. The summed E-state index contributed by atoms with van der Waals surface area (Å²) >= 11 is 6.34. The number of thiocarbonyl (C=S) groups is 1. The second kappa shape index (κ2) is 10.2. The Balaban J connectivity index is 1.58. The maximum atomic E-state index is 11.6. The van der Waals surface area contributed by atoms with Crippen LogP contribution in [0.25, 0.3) is 0 Å². The standard InChI is InChI=1S/C33H24N6O2S/c40-38(41)30-23-21-27(22-24-30)35-32(42)36(28-17-9-3-10-18-28)39-33(35,26-15-7-2-8-16-26)31(25-13-5-1-6-14-25)34-37(39)29-19-11-4-12-20-29/h1-24H. The van der Waals surface area contributed by atoms with Gasteiger partial charge in [-0.15, -0.1) is 0 Å². The lowest BCUT2D eigenvalue weighted by Gasteiger charge is -2.41. The molecule has 1 fully saturated rings. The molecule has 2 aliphatic heterocycles. The molecule has 0 bridgehead atoms. The molecule has 204 valence electrons. The van der Waals surface area contributed by atoms with E-state index in [2.05, 4.69) is 17.3 Å². The van der Waals surface area contributed by atoms with Crippen LogP contribution in [-0.4, -0.2) is 20.9 Å². The topological polar surface area (TPSA) is 68.5 Å². The SMILES string of the molecule is O=[N+]([O-])c1ccc(N2C(=S)N(c3ccccc3)N3N(c4ccccc4)N=C(c4ccccc4)C23c2ccccc2)cc1. The number of hydrogen-bond acceptors (Lipinski definition) is 6. The molecule has 1 unspecified atom stereocenters. The lowest BCUT2D eigenvalue weighted by molar-refractivity contribution is -0.384. The van der Waals surface area contributed by atoms with Gasteiger partial charge >= 0.3 is 0 Å². The van der Waals surface area contributed by atoms with E-state index < -0.39 is 10.6 Å². The van der Waals surface area contributed by atoms with Gasteiger partial charge in [-0.1, -0.05) is 102 Å². The van der Waals surface area contributed by atoms with E-state index in [0.717, 1.165) is 28.2 Å². The molecule has 5 aromatic rings. The van der Waals surface area contributed by atoms with Crippen molar-refractivity contribution >= 4 is 45.8 Å². The number of benzene rings is 5. The minimum atomic E-state index is -1.10. The molecule has 0 saturated carbocycles. The zero-order valence-electron chi connectivity index (χ0n) is 22.3. The van der Waals surface area contributed by atoms with Gasteiger partial charge in [-0.2, -0.15) is 10.2 Å². The fourth-order valence-electron chi connectivity index (χ4n) is 5.62. The van der Waals surface area contributed by atoms with Crippen molar-refractivity contribution in [2.45, 2.75) is 5.66 Å². The number of hydrazone groups is 1. The van der Waals surface area contributed by atoms with Crippen LogP contribution in [0.3, 0.4) is 0 Å². The van der Waals surface area contributed by atoms with Gasteiger partial charge in [-0.05, 0) is 48.6 Å². The molecule has 0 spiro atoms. The number of anilines is 3. The fourth-order valence-corrected chi connectivity index (χ4v) is 6.04. The summed E-state index contributed by atoms with van der Waals surface area (Å²) < 4.78 is 0. The van der Waals surface area contributed by atoms with E-state index >= 15 is 0 Å². The molecule has 5 aromatic carbocycles. The van der Waals surface area contributed by atoms with Crippen LogP contribution >= 0.6 is 12.2 Å². The lowest BCUT2D eigenvalue weighted by Crippen LogP contribution is -2.58. The second-order valence-electron chi connectivity index (χ2n) is 9.81. The molecule has 0 aliphatic carbocycles. The summed E-state index contributed by atoms with van der Waals surface area (Å²) in [5, 5.41) is 23.3.